The molecule has 0 aliphatic heterocycles. The van der Waals surface area contributed by atoms with E-state index in [-0.39, 0.29) is 30.1 Å². The van der Waals surface area contributed by atoms with Crippen LogP contribution in [-0.2, 0) is 11.3 Å². The summed E-state index contributed by atoms with van der Waals surface area (Å²) in [6.45, 7) is 4.36. The maximum atomic E-state index is 13.6. The van der Waals surface area contributed by atoms with Gasteiger partial charge >= 0.3 is 0 Å². The summed E-state index contributed by atoms with van der Waals surface area (Å²) in [5.41, 5.74) is 1.51. The van der Waals surface area contributed by atoms with E-state index in [0.717, 1.165) is 12.0 Å². The van der Waals surface area contributed by atoms with Gasteiger partial charge in [0.1, 0.15) is 5.82 Å². The second-order valence-corrected chi connectivity index (χ2v) is 5.58. The van der Waals surface area contributed by atoms with Gasteiger partial charge in [0.05, 0.1) is 5.92 Å². The highest BCUT2D eigenvalue weighted by Gasteiger charge is 2.25. The van der Waals surface area contributed by atoms with Gasteiger partial charge in [-0.25, -0.2) is 4.39 Å². The number of amides is 1. The molecule has 2 aromatic rings. The van der Waals surface area contributed by atoms with Gasteiger partial charge in [-0.2, -0.15) is 0 Å². The normalized spacial score (nSPS) is 13.4. The molecule has 1 N–H and O–H groups in total. The minimum absolute atomic E-state index is 0.0520. The first kappa shape index (κ1) is 16.2. The predicted molar refractivity (Wildman–Crippen MR) is 86.9 cm³/mol. The Kier molecular flexibility index (Phi) is 5.70. The van der Waals surface area contributed by atoms with Gasteiger partial charge in [-0.15, -0.1) is 0 Å². The van der Waals surface area contributed by atoms with Crippen LogP contribution in [0.2, 0.25) is 0 Å². The Morgan fingerprint density at radius 2 is 1.73 bits per heavy atom. The standard InChI is InChI=1S/C19H22FNO/c1-3-14(2)18(15-9-5-4-6-10-15)19(22)21-13-16-11-7-8-12-17(16)20/h4-12,14,18H,3,13H2,1-2H3,(H,21,22)/t14-,18+/m1/s1. The molecule has 0 aromatic heterocycles. The Labute approximate surface area is 131 Å². The van der Waals surface area contributed by atoms with Crippen LogP contribution in [0.3, 0.4) is 0 Å². The summed E-state index contributed by atoms with van der Waals surface area (Å²) in [5.74, 6) is -0.326. The molecule has 3 heteroatoms. The van der Waals surface area contributed by atoms with E-state index in [9.17, 15) is 9.18 Å². The summed E-state index contributed by atoms with van der Waals surface area (Å²) in [5, 5.41) is 2.87. The van der Waals surface area contributed by atoms with Crippen LogP contribution >= 0.6 is 0 Å². The zero-order valence-corrected chi connectivity index (χ0v) is 13.1. The van der Waals surface area contributed by atoms with E-state index in [2.05, 4.69) is 19.2 Å². The number of nitrogens with one attached hydrogen (secondary N) is 1. The average molecular weight is 299 g/mol. The molecule has 0 saturated heterocycles. The Bertz CT molecular complexity index is 612. The van der Waals surface area contributed by atoms with Crippen molar-refractivity contribution in [3.63, 3.8) is 0 Å². The van der Waals surface area contributed by atoms with Gasteiger partial charge in [0.15, 0.2) is 0 Å². The summed E-state index contributed by atoms with van der Waals surface area (Å²) in [6.07, 6.45) is 0.909. The van der Waals surface area contributed by atoms with Crippen molar-refractivity contribution in [2.45, 2.75) is 32.7 Å². The van der Waals surface area contributed by atoms with E-state index in [1.165, 1.54) is 6.07 Å². The van der Waals surface area contributed by atoms with E-state index in [0.29, 0.717) is 5.56 Å². The van der Waals surface area contributed by atoms with Crippen molar-refractivity contribution in [2.75, 3.05) is 0 Å². The number of carbonyl (C=O) groups excluding carboxylic acids is 1. The third-order valence-electron chi connectivity index (χ3n) is 4.07. The van der Waals surface area contributed by atoms with Crippen molar-refractivity contribution in [3.05, 3.63) is 71.5 Å². The van der Waals surface area contributed by atoms with Crippen LogP contribution in [0.15, 0.2) is 54.6 Å². The molecule has 2 rings (SSSR count). The van der Waals surface area contributed by atoms with Gasteiger partial charge in [0.2, 0.25) is 5.91 Å². The monoisotopic (exact) mass is 299 g/mol. The number of rotatable bonds is 6. The van der Waals surface area contributed by atoms with Crippen LogP contribution in [0.25, 0.3) is 0 Å². The number of carbonyl (C=O) groups is 1. The molecule has 0 aliphatic carbocycles. The molecule has 22 heavy (non-hydrogen) atoms. The highest BCUT2D eigenvalue weighted by molar-refractivity contribution is 5.83. The van der Waals surface area contributed by atoms with Gasteiger partial charge < -0.3 is 5.32 Å². The molecule has 0 heterocycles. The van der Waals surface area contributed by atoms with Crippen molar-refractivity contribution in [1.29, 1.82) is 0 Å². The van der Waals surface area contributed by atoms with E-state index < -0.39 is 0 Å². The SMILES string of the molecule is CC[C@@H](C)[C@H](C(=O)NCc1ccccc1F)c1ccccc1. The van der Waals surface area contributed by atoms with Gasteiger partial charge in [0, 0.05) is 12.1 Å². The molecule has 1 amide bonds. The van der Waals surface area contributed by atoms with E-state index in [1.807, 2.05) is 30.3 Å². The fourth-order valence-corrected chi connectivity index (χ4v) is 2.57. The lowest BCUT2D eigenvalue weighted by Crippen LogP contribution is -2.32. The molecule has 0 radical (unpaired) electrons. The lowest BCUT2D eigenvalue weighted by atomic mass is 9.85. The van der Waals surface area contributed by atoms with Gasteiger partial charge in [-0.3, -0.25) is 4.79 Å². The third-order valence-corrected chi connectivity index (χ3v) is 4.07. The fourth-order valence-electron chi connectivity index (χ4n) is 2.57. The predicted octanol–water partition coefficient (Wildman–Crippen LogP) is 4.27. The first-order valence-corrected chi connectivity index (χ1v) is 7.69. The van der Waals surface area contributed by atoms with Crippen LogP contribution < -0.4 is 5.32 Å². The number of hydrogen-bond acceptors (Lipinski definition) is 1. The maximum absolute atomic E-state index is 13.6. The van der Waals surface area contributed by atoms with Gasteiger partial charge in [-0.05, 0) is 17.5 Å². The highest BCUT2D eigenvalue weighted by Crippen LogP contribution is 2.27. The van der Waals surface area contributed by atoms with Gasteiger partial charge in [0.25, 0.3) is 0 Å². The zero-order valence-electron chi connectivity index (χ0n) is 13.1. The Morgan fingerprint density at radius 1 is 1.09 bits per heavy atom. The Balaban J connectivity index is 2.11. The third kappa shape index (κ3) is 3.94. The second kappa shape index (κ2) is 7.74. The molecule has 2 nitrogen and oxygen atoms in total. The number of benzene rings is 2. The fraction of sp³-hybridized carbons (Fsp3) is 0.316. The lowest BCUT2D eigenvalue weighted by Gasteiger charge is -2.23. The molecule has 0 aliphatic rings. The first-order chi connectivity index (χ1) is 10.6. The minimum Gasteiger partial charge on any atom is -0.351 e. The van der Waals surface area contributed by atoms with Crippen molar-refractivity contribution < 1.29 is 9.18 Å². The van der Waals surface area contributed by atoms with Crippen molar-refractivity contribution in [1.82, 2.24) is 5.32 Å². The average Bonchev–Trinajstić information content (AvgIpc) is 2.55. The van der Waals surface area contributed by atoms with Crippen LogP contribution in [0.4, 0.5) is 4.39 Å². The van der Waals surface area contributed by atoms with Crippen molar-refractivity contribution in [3.8, 4) is 0 Å². The molecular weight excluding hydrogens is 277 g/mol. The Hall–Kier alpha value is -2.16. The maximum Gasteiger partial charge on any atom is 0.228 e. The highest BCUT2D eigenvalue weighted by atomic mass is 19.1. The zero-order chi connectivity index (χ0) is 15.9. The van der Waals surface area contributed by atoms with Crippen molar-refractivity contribution in [2.24, 2.45) is 5.92 Å². The summed E-state index contributed by atoms with van der Waals surface area (Å²) in [6, 6.07) is 16.3. The van der Waals surface area contributed by atoms with Gasteiger partial charge in [-0.1, -0.05) is 68.8 Å². The largest absolute Gasteiger partial charge is 0.351 e. The molecule has 0 bridgehead atoms. The Morgan fingerprint density at radius 3 is 2.36 bits per heavy atom. The summed E-state index contributed by atoms with van der Waals surface area (Å²) < 4.78 is 13.6. The summed E-state index contributed by atoms with van der Waals surface area (Å²) >= 11 is 0. The lowest BCUT2D eigenvalue weighted by molar-refractivity contribution is -0.123. The molecule has 2 atom stereocenters. The van der Waals surface area contributed by atoms with E-state index >= 15 is 0 Å². The van der Waals surface area contributed by atoms with E-state index in [1.54, 1.807) is 18.2 Å². The molecule has 2 aromatic carbocycles. The van der Waals surface area contributed by atoms with Crippen molar-refractivity contribution >= 4 is 5.91 Å². The molecule has 0 fully saturated rings. The second-order valence-electron chi connectivity index (χ2n) is 5.58. The smallest absolute Gasteiger partial charge is 0.228 e. The molecule has 0 saturated carbocycles. The number of hydrogen-bond donors (Lipinski definition) is 1. The van der Waals surface area contributed by atoms with Crippen LogP contribution in [0, 0.1) is 11.7 Å². The summed E-state index contributed by atoms with van der Waals surface area (Å²) in [4.78, 5) is 12.6. The van der Waals surface area contributed by atoms with E-state index in [4.69, 9.17) is 0 Å². The summed E-state index contributed by atoms with van der Waals surface area (Å²) in [7, 11) is 0. The molecular formula is C19H22FNO. The quantitative estimate of drug-likeness (QED) is 0.848. The first-order valence-electron chi connectivity index (χ1n) is 7.69. The van der Waals surface area contributed by atoms with Crippen LogP contribution in [0.5, 0.6) is 0 Å². The van der Waals surface area contributed by atoms with Crippen LogP contribution in [-0.4, -0.2) is 5.91 Å². The molecule has 116 valence electrons. The molecule has 0 unspecified atom stereocenters. The minimum atomic E-state index is -0.289. The topological polar surface area (TPSA) is 29.1 Å². The molecule has 0 spiro atoms. The van der Waals surface area contributed by atoms with Crippen LogP contribution in [0.1, 0.15) is 37.3 Å². The number of halogens is 1.